The fourth-order valence-corrected chi connectivity index (χ4v) is 2.04. The zero-order chi connectivity index (χ0) is 12.3. The molecular weight excluding hydrogens is 212 g/mol. The van der Waals surface area contributed by atoms with Gasteiger partial charge >= 0.3 is 5.97 Å². The van der Waals surface area contributed by atoms with Crippen molar-refractivity contribution in [1.29, 1.82) is 0 Å². The zero-order valence-corrected chi connectivity index (χ0v) is 9.55. The van der Waals surface area contributed by atoms with Crippen LogP contribution in [0.1, 0.15) is 13.3 Å². The Morgan fingerprint density at radius 3 is 2.69 bits per heavy atom. The van der Waals surface area contributed by atoms with Crippen LogP contribution in [0.4, 0.5) is 0 Å². The van der Waals surface area contributed by atoms with E-state index in [1.807, 2.05) is 0 Å². The van der Waals surface area contributed by atoms with Crippen LogP contribution >= 0.6 is 0 Å². The highest BCUT2D eigenvalue weighted by Crippen LogP contribution is 2.24. The van der Waals surface area contributed by atoms with Crippen molar-refractivity contribution in [2.24, 2.45) is 11.7 Å². The van der Waals surface area contributed by atoms with E-state index >= 15 is 0 Å². The van der Waals surface area contributed by atoms with Crippen molar-refractivity contribution in [3.05, 3.63) is 0 Å². The molecule has 1 aliphatic heterocycles. The van der Waals surface area contributed by atoms with Crippen LogP contribution in [0.25, 0.3) is 0 Å². The lowest BCUT2D eigenvalue weighted by Gasteiger charge is -2.25. The van der Waals surface area contributed by atoms with Gasteiger partial charge < -0.3 is 20.5 Å². The SMILES string of the molecule is COCC(N)C(=O)N1CCC(C(=O)O)C1C. The first-order valence-corrected chi connectivity index (χ1v) is 5.26. The third-order valence-electron chi connectivity index (χ3n) is 3.02. The summed E-state index contributed by atoms with van der Waals surface area (Å²) >= 11 is 0. The summed E-state index contributed by atoms with van der Waals surface area (Å²) in [5.41, 5.74) is 5.63. The molecule has 0 radical (unpaired) electrons. The minimum Gasteiger partial charge on any atom is -0.481 e. The molecule has 0 spiro atoms. The molecule has 92 valence electrons. The van der Waals surface area contributed by atoms with Crippen LogP contribution in [0, 0.1) is 5.92 Å². The number of ether oxygens (including phenoxy) is 1. The molecule has 0 aromatic rings. The van der Waals surface area contributed by atoms with Gasteiger partial charge in [0.1, 0.15) is 6.04 Å². The molecule has 0 saturated carbocycles. The summed E-state index contributed by atoms with van der Waals surface area (Å²) in [7, 11) is 1.47. The van der Waals surface area contributed by atoms with Crippen LogP contribution < -0.4 is 5.73 Å². The Morgan fingerprint density at radius 1 is 1.62 bits per heavy atom. The maximum atomic E-state index is 11.8. The average Bonchev–Trinajstić information content (AvgIpc) is 2.59. The summed E-state index contributed by atoms with van der Waals surface area (Å²) in [6.07, 6.45) is 0.488. The van der Waals surface area contributed by atoms with Crippen molar-refractivity contribution in [2.75, 3.05) is 20.3 Å². The summed E-state index contributed by atoms with van der Waals surface area (Å²) in [6.45, 7) is 2.34. The molecular formula is C10H18N2O4. The number of carboxylic acid groups (broad SMARTS) is 1. The monoisotopic (exact) mass is 230 g/mol. The van der Waals surface area contributed by atoms with E-state index in [9.17, 15) is 9.59 Å². The number of hydrogen-bond acceptors (Lipinski definition) is 4. The van der Waals surface area contributed by atoms with Crippen molar-refractivity contribution in [2.45, 2.75) is 25.4 Å². The third-order valence-corrected chi connectivity index (χ3v) is 3.02. The highest BCUT2D eigenvalue weighted by molar-refractivity contribution is 5.83. The van der Waals surface area contributed by atoms with E-state index in [2.05, 4.69) is 0 Å². The molecule has 6 heteroatoms. The van der Waals surface area contributed by atoms with E-state index < -0.39 is 17.9 Å². The highest BCUT2D eigenvalue weighted by Gasteiger charge is 2.39. The minimum atomic E-state index is -0.858. The second kappa shape index (κ2) is 5.27. The van der Waals surface area contributed by atoms with Gasteiger partial charge in [0, 0.05) is 19.7 Å². The topological polar surface area (TPSA) is 92.9 Å². The maximum Gasteiger partial charge on any atom is 0.308 e. The number of hydrogen-bond donors (Lipinski definition) is 2. The summed E-state index contributed by atoms with van der Waals surface area (Å²) < 4.78 is 4.81. The number of carbonyl (C=O) groups is 2. The molecule has 1 saturated heterocycles. The van der Waals surface area contributed by atoms with Crippen LogP contribution in [0.2, 0.25) is 0 Å². The van der Waals surface area contributed by atoms with Crippen molar-refractivity contribution >= 4 is 11.9 Å². The molecule has 1 amide bonds. The first-order chi connectivity index (χ1) is 7.49. The number of amides is 1. The van der Waals surface area contributed by atoms with E-state index in [-0.39, 0.29) is 18.6 Å². The van der Waals surface area contributed by atoms with Gasteiger partial charge in [0.15, 0.2) is 0 Å². The molecule has 3 atom stereocenters. The lowest BCUT2D eigenvalue weighted by molar-refractivity contribution is -0.143. The summed E-state index contributed by atoms with van der Waals surface area (Å²) in [5, 5.41) is 8.93. The standard InChI is InChI=1S/C10H18N2O4/c1-6-7(10(14)15)3-4-12(6)9(13)8(11)5-16-2/h6-8H,3-5,11H2,1-2H3,(H,14,15). The largest absolute Gasteiger partial charge is 0.481 e. The van der Waals surface area contributed by atoms with Gasteiger partial charge in [-0.3, -0.25) is 9.59 Å². The Labute approximate surface area is 94.3 Å². The van der Waals surface area contributed by atoms with Crippen LogP contribution in [-0.4, -0.2) is 54.2 Å². The van der Waals surface area contributed by atoms with Crippen molar-refractivity contribution in [1.82, 2.24) is 4.90 Å². The molecule has 16 heavy (non-hydrogen) atoms. The fourth-order valence-electron chi connectivity index (χ4n) is 2.04. The number of methoxy groups -OCH3 is 1. The molecule has 1 fully saturated rings. The lowest BCUT2D eigenvalue weighted by Crippen LogP contribution is -2.48. The molecule has 6 nitrogen and oxygen atoms in total. The van der Waals surface area contributed by atoms with Gasteiger partial charge in [-0.1, -0.05) is 0 Å². The van der Waals surface area contributed by atoms with Crippen LogP contribution in [0.3, 0.4) is 0 Å². The molecule has 3 N–H and O–H groups in total. The summed E-state index contributed by atoms with van der Waals surface area (Å²) in [5.74, 6) is -1.58. The second-order valence-corrected chi connectivity index (χ2v) is 4.07. The maximum absolute atomic E-state index is 11.8. The molecule has 3 unspecified atom stereocenters. The number of nitrogens with zero attached hydrogens (tertiary/aromatic N) is 1. The van der Waals surface area contributed by atoms with Gasteiger partial charge in [-0.05, 0) is 13.3 Å². The molecule has 0 aromatic carbocycles. The third kappa shape index (κ3) is 2.51. The highest BCUT2D eigenvalue weighted by atomic mass is 16.5. The summed E-state index contributed by atoms with van der Waals surface area (Å²) in [4.78, 5) is 24.3. The Kier molecular flexibility index (Phi) is 4.26. The average molecular weight is 230 g/mol. The fraction of sp³-hybridized carbons (Fsp3) is 0.800. The van der Waals surface area contributed by atoms with E-state index in [1.165, 1.54) is 12.0 Å². The molecule has 0 aromatic heterocycles. The number of nitrogens with two attached hydrogens (primary N) is 1. The number of likely N-dealkylation sites (tertiary alicyclic amines) is 1. The van der Waals surface area contributed by atoms with Crippen LogP contribution in [0.5, 0.6) is 0 Å². The smallest absolute Gasteiger partial charge is 0.308 e. The van der Waals surface area contributed by atoms with E-state index in [4.69, 9.17) is 15.6 Å². The Hall–Kier alpha value is -1.14. The Balaban J connectivity index is 2.62. The van der Waals surface area contributed by atoms with Gasteiger partial charge in [-0.2, -0.15) is 0 Å². The van der Waals surface area contributed by atoms with Crippen molar-refractivity contribution < 1.29 is 19.4 Å². The van der Waals surface area contributed by atoms with E-state index in [0.29, 0.717) is 13.0 Å². The molecule has 1 aliphatic rings. The van der Waals surface area contributed by atoms with E-state index in [1.54, 1.807) is 6.92 Å². The molecule has 0 aliphatic carbocycles. The summed E-state index contributed by atoms with van der Waals surface area (Å²) in [6, 6.07) is -1.01. The van der Waals surface area contributed by atoms with Gasteiger partial charge in [0.2, 0.25) is 5.91 Å². The van der Waals surface area contributed by atoms with Gasteiger partial charge in [0.25, 0.3) is 0 Å². The quantitative estimate of drug-likeness (QED) is 0.665. The number of rotatable bonds is 4. The van der Waals surface area contributed by atoms with Gasteiger partial charge in [0.05, 0.1) is 12.5 Å². The first kappa shape index (κ1) is 12.9. The number of carboxylic acids is 1. The number of aliphatic carboxylic acids is 1. The normalized spacial score (nSPS) is 26.8. The van der Waals surface area contributed by atoms with E-state index in [0.717, 1.165) is 0 Å². The lowest BCUT2D eigenvalue weighted by atomic mass is 10.0. The molecule has 1 heterocycles. The predicted octanol–water partition coefficient (Wildman–Crippen LogP) is -0.718. The molecule has 1 rings (SSSR count). The molecule has 0 bridgehead atoms. The second-order valence-electron chi connectivity index (χ2n) is 4.07. The predicted molar refractivity (Wildman–Crippen MR) is 56.8 cm³/mol. The van der Waals surface area contributed by atoms with Gasteiger partial charge in [-0.15, -0.1) is 0 Å². The number of carbonyl (C=O) groups excluding carboxylic acids is 1. The Morgan fingerprint density at radius 2 is 2.25 bits per heavy atom. The van der Waals surface area contributed by atoms with Gasteiger partial charge in [-0.25, -0.2) is 0 Å². The van der Waals surface area contributed by atoms with Crippen LogP contribution in [-0.2, 0) is 14.3 Å². The first-order valence-electron chi connectivity index (χ1n) is 5.26. The zero-order valence-electron chi connectivity index (χ0n) is 9.55. The van der Waals surface area contributed by atoms with Crippen LogP contribution in [0.15, 0.2) is 0 Å². The Bertz CT molecular complexity index is 282. The van der Waals surface area contributed by atoms with Crippen molar-refractivity contribution in [3.8, 4) is 0 Å². The van der Waals surface area contributed by atoms with Crippen molar-refractivity contribution in [3.63, 3.8) is 0 Å². The minimum absolute atomic E-state index is 0.153.